The maximum absolute atomic E-state index is 13.3. The van der Waals surface area contributed by atoms with Crippen LogP contribution >= 0.6 is 22.9 Å². The third kappa shape index (κ3) is 3.34. The minimum atomic E-state index is 0.0227. The fourth-order valence-electron chi connectivity index (χ4n) is 3.44. The standard InChI is InChI=1S/C20H19ClN2O2S/c1-12-10-23(11-13(2)25-12)20(24)15-9-17(18-7-8-19(21)26-18)22-16-6-4-3-5-14(15)16/h3-9,12-13H,10-11H2,1-2H3/t12-,13-/m0/s1. The summed E-state index contributed by atoms with van der Waals surface area (Å²) >= 11 is 7.55. The first-order chi connectivity index (χ1) is 12.5. The number of aromatic nitrogens is 1. The van der Waals surface area contributed by atoms with E-state index in [0.717, 1.165) is 21.5 Å². The molecule has 2 atom stereocenters. The molecular weight excluding hydrogens is 368 g/mol. The highest BCUT2D eigenvalue weighted by Gasteiger charge is 2.28. The van der Waals surface area contributed by atoms with Crippen LogP contribution in [-0.2, 0) is 4.74 Å². The van der Waals surface area contributed by atoms with Gasteiger partial charge in [-0.3, -0.25) is 4.79 Å². The first-order valence-electron chi connectivity index (χ1n) is 8.61. The molecule has 0 unspecified atom stereocenters. The number of amides is 1. The number of ether oxygens (including phenoxy) is 1. The highest BCUT2D eigenvalue weighted by molar-refractivity contribution is 7.19. The molecule has 3 aromatic rings. The predicted molar refractivity (Wildman–Crippen MR) is 106 cm³/mol. The zero-order valence-electron chi connectivity index (χ0n) is 14.6. The Bertz CT molecular complexity index is 961. The molecule has 0 radical (unpaired) electrons. The topological polar surface area (TPSA) is 42.4 Å². The number of rotatable bonds is 2. The molecule has 1 aliphatic heterocycles. The van der Waals surface area contributed by atoms with Crippen molar-refractivity contribution < 1.29 is 9.53 Å². The quantitative estimate of drug-likeness (QED) is 0.631. The van der Waals surface area contributed by atoms with Crippen molar-refractivity contribution in [3.63, 3.8) is 0 Å². The van der Waals surface area contributed by atoms with Gasteiger partial charge in [0.1, 0.15) is 0 Å². The monoisotopic (exact) mass is 386 g/mol. The van der Waals surface area contributed by atoms with Gasteiger partial charge in [-0.2, -0.15) is 0 Å². The lowest BCUT2D eigenvalue weighted by Crippen LogP contribution is -2.48. The molecule has 6 heteroatoms. The minimum Gasteiger partial charge on any atom is -0.372 e. The summed E-state index contributed by atoms with van der Waals surface area (Å²) in [6.07, 6.45) is 0.0674. The molecule has 4 rings (SSSR count). The predicted octanol–water partition coefficient (Wildman–Crippen LogP) is 4.87. The lowest BCUT2D eigenvalue weighted by molar-refractivity contribution is -0.0585. The Labute approximate surface area is 161 Å². The van der Waals surface area contributed by atoms with E-state index in [9.17, 15) is 4.79 Å². The summed E-state index contributed by atoms with van der Waals surface area (Å²) in [6, 6.07) is 13.4. The Hall–Kier alpha value is -1.95. The maximum atomic E-state index is 13.3. The van der Waals surface area contributed by atoms with Gasteiger partial charge in [0.25, 0.3) is 5.91 Å². The zero-order chi connectivity index (χ0) is 18.3. The molecule has 0 N–H and O–H groups in total. The van der Waals surface area contributed by atoms with Gasteiger partial charge in [0, 0.05) is 18.5 Å². The Balaban J connectivity index is 1.81. The average molecular weight is 387 g/mol. The lowest BCUT2D eigenvalue weighted by atomic mass is 10.0. The number of benzene rings is 1. The molecular formula is C20H19ClN2O2S. The number of fused-ring (bicyclic) bond motifs is 1. The van der Waals surface area contributed by atoms with Crippen molar-refractivity contribution in [2.75, 3.05) is 13.1 Å². The number of para-hydroxylation sites is 1. The molecule has 4 nitrogen and oxygen atoms in total. The van der Waals surface area contributed by atoms with Gasteiger partial charge in [-0.15, -0.1) is 11.3 Å². The van der Waals surface area contributed by atoms with E-state index in [0.29, 0.717) is 23.0 Å². The second kappa shape index (κ2) is 6.99. The van der Waals surface area contributed by atoms with Crippen LogP contribution in [0.25, 0.3) is 21.5 Å². The van der Waals surface area contributed by atoms with Crippen molar-refractivity contribution >= 4 is 39.7 Å². The van der Waals surface area contributed by atoms with E-state index >= 15 is 0 Å². The number of hydrogen-bond acceptors (Lipinski definition) is 4. The summed E-state index contributed by atoms with van der Waals surface area (Å²) in [4.78, 5) is 20.9. The summed E-state index contributed by atoms with van der Waals surface area (Å²) in [7, 11) is 0. The van der Waals surface area contributed by atoms with E-state index in [1.165, 1.54) is 11.3 Å². The van der Waals surface area contributed by atoms with E-state index in [-0.39, 0.29) is 18.1 Å². The Kier molecular flexibility index (Phi) is 4.69. The molecule has 1 fully saturated rings. The maximum Gasteiger partial charge on any atom is 0.254 e. The fourth-order valence-corrected chi connectivity index (χ4v) is 4.45. The van der Waals surface area contributed by atoms with Crippen LogP contribution in [0.4, 0.5) is 0 Å². The summed E-state index contributed by atoms with van der Waals surface area (Å²) in [6.45, 7) is 5.19. The summed E-state index contributed by atoms with van der Waals surface area (Å²) in [5.74, 6) is 0.0227. The second-order valence-electron chi connectivity index (χ2n) is 6.64. The number of thiophene rings is 1. The highest BCUT2D eigenvalue weighted by atomic mass is 35.5. The molecule has 3 heterocycles. The Morgan fingerprint density at radius 3 is 2.62 bits per heavy atom. The van der Waals surface area contributed by atoms with Gasteiger partial charge < -0.3 is 9.64 Å². The number of morpholine rings is 1. The minimum absolute atomic E-state index is 0.0227. The number of nitrogens with zero attached hydrogens (tertiary/aromatic N) is 2. The number of carbonyl (C=O) groups excluding carboxylic acids is 1. The third-order valence-corrected chi connectivity index (χ3v) is 5.73. The molecule has 1 amide bonds. The summed E-state index contributed by atoms with van der Waals surface area (Å²) in [5.41, 5.74) is 2.27. The Morgan fingerprint density at radius 1 is 1.19 bits per heavy atom. The van der Waals surface area contributed by atoms with Gasteiger partial charge in [-0.05, 0) is 38.1 Å². The molecule has 134 valence electrons. The van der Waals surface area contributed by atoms with E-state index in [4.69, 9.17) is 21.3 Å². The zero-order valence-corrected chi connectivity index (χ0v) is 16.2. The van der Waals surface area contributed by atoms with Gasteiger partial charge in [-0.25, -0.2) is 4.98 Å². The third-order valence-electron chi connectivity index (χ3n) is 4.48. The number of carbonyl (C=O) groups is 1. The van der Waals surface area contributed by atoms with Crippen molar-refractivity contribution in [1.82, 2.24) is 9.88 Å². The first-order valence-corrected chi connectivity index (χ1v) is 9.81. The SMILES string of the molecule is C[C@H]1CN(C(=O)c2cc(-c3ccc(Cl)s3)nc3ccccc23)C[C@H](C)O1. The molecule has 0 saturated carbocycles. The molecule has 1 saturated heterocycles. The van der Waals surface area contributed by atoms with E-state index < -0.39 is 0 Å². The van der Waals surface area contributed by atoms with Crippen molar-refractivity contribution in [2.45, 2.75) is 26.1 Å². The van der Waals surface area contributed by atoms with Gasteiger partial charge >= 0.3 is 0 Å². The molecule has 26 heavy (non-hydrogen) atoms. The molecule has 1 aromatic carbocycles. The van der Waals surface area contributed by atoms with Crippen LogP contribution in [0, 0.1) is 0 Å². The van der Waals surface area contributed by atoms with Crippen molar-refractivity contribution in [1.29, 1.82) is 0 Å². The van der Waals surface area contributed by atoms with Crippen LogP contribution < -0.4 is 0 Å². The Morgan fingerprint density at radius 2 is 1.92 bits per heavy atom. The van der Waals surface area contributed by atoms with Crippen LogP contribution in [-0.4, -0.2) is 41.1 Å². The molecule has 1 aliphatic rings. The lowest BCUT2D eigenvalue weighted by Gasteiger charge is -2.35. The van der Waals surface area contributed by atoms with Gasteiger partial charge in [0.2, 0.25) is 0 Å². The highest BCUT2D eigenvalue weighted by Crippen LogP contribution is 2.32. The first kappa shape index (κ1) is 17.5. The molecule has 0 aliphatic carbocycles. The van der Waals surface area contributed by atoms with Crippen LogP contribution in [0.3, 0.4) is 0 Å². The molecule has 2 aromatic heterocycles. The van der Waals surface area contributed by atoms with Crippen LogP contribution in [0.1, 0.15) is 24.2 Å². The van der Waals surface area contributed by atoms with Crippen LogP contribution in [0.5, 0.6) is 0 Å². The van der Waals surface area contributed by atoms with Crippen molar-refractivity contribution in [3.8, 4) is 10.6 Å². The van der Waals surface area contributed by atoms with Crippen LogP contribution in [0.15, 0.2) is 42.5 Å². The van der Waals surface area contributed by atoms with Gasteiger partial charge in [0.15, 0.2) is 0 Å². The average Bonchev–Trinajstić information content (AvgIpc) is 3.06. The number of pyridine rings is 1. The number of halogens is 1. The van der Waals surface area contributed by atoms with Crippen LogP contribution in [0.2, 0.25) is 4.34 Å². The normalized spacial score (nSPS) is 20.5. The van der Waals surface area contributed by atoms with Crippen molar-refractivity contribution in [2.24, 2.45) is 0 Å². The van der Waals surface area contributed by atoms with Gasteiger partial charge in [-0.1, -0.05) is 29.8 Å². The second-order valence-corrected chi connectivity index (χ2v) is 8.36. The van der Waals surface area contributed by atoms with Crippen molar-refractivity contribution in [3.05, 3.63) is 52.4 Å². The van der Waals surface area contributed by atoms with Gasteiger partial charge in [0.05, 0.1) is 38.2 Å². The summed E-state index contributed by atoms with van der Waals surface area (Å²) in [5, 5.41) is 0.871. The van der Waals surface area contributed by atoms with E-state index in [1.807, 2.05) is 61.2 Å². The molecule has 0 spiro atoms. The largest absolute Gasteiger partial charge is 0.372 e. The summed E-state index contributed by atoms with van der Waals surface area (Å²) < 4.78 is 6.47. The molecule has 0 bridgehead atoms. The van der Waals surface area contributed by atoms with E-state index in [1.54, 1.807) is 0 Å². The smallest absolute Gasteiger partial charge is 0.254 e. The fraction of sp³-hybridized carbons (Fsp3) is 0.300. The van der Waals surface area contributed by atoms with E-state index in [2.05, 4.69) is 0 Å². The number of hydrogen-bond donors (Lipinski definition) is 0.